The lowest BCUT2D eigenvalue weighted by molar-refractivity contribution is -0.142. The van der Waals surface area contributed by atoms with Crippen molar-refractivity contribution >= 4 is 11.9 Å². The number of aryl methyl sites for hydroxylation is 1. The van der Waals surface area contributed by atoms with Crippen molar-refractivity contribution in [3.8, 4) is 11.5 Å². The molecule has 0 aromatic heterocycles. The fourth-order valence-electron chi connectivity index (χ4n) is 2.43. The van der Waals surface area contributed by atoms with Gasteiger partial charge in [-0.05, 0) is 41.8 Å². The number of carbonyl (C=O) groups is 2. The highest BCUT2D eigenvalue weighted by Crippen LogP contribution is 2.22. The van der Waals surface area contributed by atoms with E-state index in [4.69, 9.17) is 9.47 Å². The lowest BCUT2D eigenvalue weighted by Gasteiger charge is -2.16. The summed E-state index contributed by atoms with van der Waals surface area (Å²) in [4.78, 5) is 23.6. The second-order valence-electron chi connectivity index (χ2n) is 5.58. The number of carbonyl (C=O) groups excluding carboxylic acids is 1. The minimum atomic E-state index is -1.33. The molecule has 6 nitrogen and oxygen atoms in total. The quantitative estimate of drug-likeness (QED) is 0.755. The largest absolute Gasteiger partial charge is 0.497 e. The van der Waals surface area contributed by atoms with Crippen molar-refractivity contribution < 1.29 is 28.6 Å². The van der Waals surface area contributed by atoms with Crippen molar-refractivity contribution in [1.29, 1.82) is 0 Å². The number of ether oxygens (including phenoxy) is 2. The monoisotopic (exact) mass is 361 g/mol. The van der Waals surface area contributed by atoms with Gasteiger partial charge in [-0.1, -0.05) is 18.2 Å². The Morgan fingerprint density at radius 2 is 1.81 bits per heavy atom. The Morgan fingerprint density at radius 1 is 1.12 bits per heavy atom. The van der Waals surface area contributed by atoms with E-state index in [2.05, 4.69) is 5.32 Å². The first-order chi connectivity index (χ1) is 12.4. The zero-order chi connectivity index (χ0) is 19.1. The van der Waals surface area contributed by atoms with Gasteiger partial charge >= 0.3 is 5.97 Å². The van der Waals surface area contributed by atoms with Crippen LogP contribution in [-0.2, 0) is 16.0 Å². The molecular formula is C19H20FNO5. The Kier molecular flexibility index (Phi) is 6.54. The van der Waals surface area contributed by atoms with E-state index in [1.165, 1.54) is 19.2 Å². The van der Waals surface area contributed by atoms with Crippen LogP contribution in [0.15, 0.2) is 42.5 Å². The molecule has 2 rings (SSSR count). The molecule has 7 heteroatoms. The van der Waals surface area contributed by atoms with E-state index in [9.17, 15) is 19.1 Å². The van der Waals surface area contributed by atoms with Crippen LogP contribution in [0.2, 0.25) is 0 Å². The van der Waals surface area contributed by atoms with Gasteiger partial charge in [-0.2, -0.15) is 0 Å². The van der Waals surface area contributed by atoms with Crippen LogP contribution in [0.1, 0.15) is 23.6 Å². The lowest BCUT2D eigenvalue weighted by atomic mass is 10.1. The van der Waals surface area contributed by atoms with Crippen LogP contribution < -0.4 is 14.8 Å². The van der Waals surface area contributed by atoms with Gasteiger partial charge in [0.25, 0.3) is 0 Å². The number of benzene rings is 2. The summed E-state index contributed by atoms with van der Waals surface area (Å²) in [5.41, 5.74) is 1.05. The fraction of sp³-hybridized carbons (Fsp3) is 0.263. The van der Waals surface area contributed by atoms with Gasteiger partial charge in [0.05, 0.1) is 14.2 Å². The van der Waals surface area contributed by atoms with Crippen LogP contribution in [0.4, 0.5) is 4.39 Å². The summed E-state index contributed by atoms with van der Waals surface area (Å²) in [6.07, 6.45) is 0.549. The van der Waals surface area contributed by atoms with Crippen molar-refractivity contribution in [2.75, 3.05) is 14.2 Å². The maximum absolute atomic E-state index is 13.8. The van der Waals surface area contributed by atoms with Gasteiger partial charge in [0.1, 0.15) is 5.75 Å². The average Bonchev–Trinajstić information content (AvgIpc) is 2.64. The normalized spacial score (nSPS) is 11.5. The Labute approximate surface area is 150 Å². The second-order valence-corrected chi connectivity index (χ2v) is 5.58. The first kappa shape index (κ1) is 19.2. The summed E-state index contributed by atoms with van der Waals surface area (Å²) in [6, 6.07) is 9.68. The van der Waals surface area contributed by atoms with E-state index in [0.717, 1.165) is 11.6 Å². The maximum atomic E-state index is 13.8. The van der Waals surface area contributed by atoms with Crippen LogP contribution in [0.3, 0.4) is 0 Å². The third-order valence-corrected chi connectivity index (χ3v) is 3.86. The first-order valence-corrected chi connectivity index (χ1v) is 7.93. The molecule has 26 heavy (non-hydrogen) atoms. The molecule has 0 radical (unpaired) electrons. The first-order valence-electron chi connectivity index (χ1n) is 7.93. The molecule has 2 N–H and O–H groups in total. The summed E-state index contributed by atoms with van der Waals surface area (Å²) in [5, 5.41) is 11.8. The highest BCUT2D eigenvalue weighted by molar-refractivity contribution is 5.84. The van der Waals surface area contributed by atoms with E-state index in [-0.39, 0.29) is 17.7 Å². The number of hydrogen-bond acceptors (Lipinski definition) is 4. The molecule has 0 saturated heterocycles. The Hall–Kier alpha value is -3.09. The zero-order valence-corrected chi connectivity index (χ0v) is 14.5. The van der Waals surface area contributed by atoms with Gasteiger partial charge in [0.2, 0.25) is 5.91 Å². The molecule has 2 aromatic rings. The molecule has 0 aliphatic carbocycles. The molecular weight excluding hydrogens is 341 g/mol. The third-order valence-electron chi connectivity index (χ3n) is 3.86. The zero-order valence-electron chi connectivity index (χ0n) is 14.5. The number of hydrogen-bond donors (Lipinski definition) is 2. The van der Waals surface area contributed by atoms with Crippen molar-refractivity contribution in [3.05, 3.63) is 59.4 Å². The Morgan fingerprint density at radius 3 is 2.35 bits per heavy atom. The molecule has 0 heterocycles. The SMILES string of the molecule is COc1ccc(CCC(=O)NC(C(=O)O)c2ccc(OC)c(F)c2)cc1. The van der Waals surface area contributed by atoms with Gasteiger partial charge in [0, 0.05) is 6.42 Å². The van der Waals surface area contributed by atoms with E-state index in [1.54, 1.807) is 19.2 Å². The highest BCUT2D eigenvalue weighted by atomic mass is 19.1. The summed E-state index contributed by atoms with van der Waals surface area (Å²) in [6.45, 7) is 0. The topological polar surface area (TPSA) is 84.9 Å². The minimum Gasteiger partial charge on any atom is -0.497 e. The van der Waals surface area contributed by atoms with Gasteiger partial charge < -0.3 is 19.9 Å². The molecule has 1 amide bonds. The smallest absolute Gasteiger partial charge is 0.330 e. The third kappa shape index (κ3) is 4.95. The molecule has 0 bridgehead atoms. The summed E-state index contributed by atoms with van der Waals surface area (Å²) in [7, 11) is 2.88. The molecule has 138 valence electrons. The van der Waals surface area contributed by atoms with Crippen molar-refractivity contribution in [1.82, 2.24) is 5.32 Å². The van der Waals surface area contributed by atoms with Crippen molar-refractivity contribution in [2.45, 2.75) is 18.9 Å². The van der Waals surface area contributed by atoms with E-state index < -0.39 is 23.7 Å². The number of amides is 1. The second kappa shape index (κ2) is 8.84. The molecule has 1 atom stereocenters. The number of carboxylic acid groups (broad SMARTS) is 1. The highest BCUT2D eigenvalue weighted by Gasteiger charge is 2.23. The van der Waals surface area contributed by atoms with Gasteiger partial charge in [-0.15, -0.1) is 0 Å². The number of carboxylic acids is 1. The van der Waals surface area contributed by atoms with E-state index >= 15 is 0 Å². The van der Waals surface area contributed by atoms with Crippen LogP contribution in [0, 0.1) is 5.82 Å². The summed E-state index contributed by atoms with van der Waals surface area (Å²) >= 11 is 0. The number of halogens is 1. The van der Waals surface area contributed by atoms with Crippen LogP contribution >= 0.6 is 0 Å². The Bertz CT molecular complexity index is 776. The predicted octanol–water partition coefficient (Wildman–Crippen LogP) is 2.72. The predicted molar refractivity (Wildman–Crippen MR) is 92.8 cm³/mol. The molecule has 0 aliphatic heterocycles. The number of methoxy groups -OCH3 is 2. The van der Waals surface area contributed by atoms with Crippen LogP contribution in [0.25, 0.3) is 0 Å². The molecule has 0 saturated carbocycles. The van der Waals surface area contributed by atoms with Crippen molar-refractivity contribution in [3.63, 3.8) is 0 Å². The number of rotatable bonds is 8. The number of nitrogens with one attached hydrogen (secondary N) is 1. The van der Waals surface area contributed by atoms with Crippen molar-refractivity contribution in [2.24, 2.45) is 0 Å². The molecule has 0 spiro atoms. The Balaban J connectivity index is 2.01. The fourth-order valence-corrected chi connectivity index (χ4v) is 2.43. The standard InChI is InChI=1S/C19H20FNO5/c1-25-14-7-3-12(4-8-14)5-10-17(22)21-18(19(23)24)13-6-9-16(26-2)15(20)11-13/h3-4,6-9,11,18H,5,10H2,1-2H3,(H,21,22)(H,23,24). The lowest BCUT2D eigenvalue weighted by Crippen LogP contribution is -2.33. The molecule has 2 aromatic carbocycles. The average molecular weight is 361 g/mol. The number of aliphatic carboxylic acids is 1. The van der Waals surface area contributed by atoms with Gasteiger partial charge in [-0.3, -0.25) is 4.79 Å². The van der Waals surface area contributed by atoms with Gasteiger partial charge in [0.15, 0.2) is 17.6 Å². The summed E-state index contributed by atoms with van der Waals surface area (Å²) in [5.74, 6) is -1.69. The van der Waals surface area contributed by atoms with E-state index in [1.807, 2.05) is 12.1 Å². The van der Waals surface area contributed by atoms with Crippen LogP contribution in [0.5, 0.6) is 11.5 Å². The van der Waals surface area contributed by atoms with E-state index in [0.29, 0.717) is 12.2 Å². The maximum Gasteiger partial charge on any atom is 0.330 e. The molecule has 1 unspecified atom stereocenters. The summed E-state index contributed by atoms with van der Waals surface area (Å²) < 4.78 is 23.7. The minimum absolute atomic E-state index is 0.00345. The molecule has 0 aliphatic rings. The van der Waals surface area contributed by atoms with Crippen LogP contribution in [-0.4, -0.2) is 31.2 Å². The molecule has 0 fully saturated rings. The van der Waals surface area contributed by atoms with Gasteiger partial charge in [-0.25, -0.2) is 9.18 Å².